The fourth-order valence-corrected chi connectivity index (χ4v) is 1.69. The molecule has 0 saturated heterocycles. The fraction of sp³-hybridized carbons (Fsp3) is 0.182. The predicted octanol–water partition coefficient (Wildman–Crippen LogP) is 3.01. The lowest BCUT2D eigenvalue weighted by atomic mass is 10.2. The third-order valence-corrected chi connectivity index (χ3v) is 2.92. The Balaban J connectivity index is 1.87. The van der Waals surface area contributed by atoms with Crippen molar-refractivity contribution < 1.29 is 0 Å². The van der Waals surface area contributed by atoms with Gasteiger partial charge >= 0.3 is 0 Å². The molecule has 1 heterocycles. The normalized spacial score (nSPS) is 10.6. The van der Waals surface area contributed by atoms with E-state index < -0.39 is 0 Å². The van der Waals surface area contributed by atoms with Crippen LogP contribution >= 0.6 is 23.2 Å². The van der Waals surface area contributed by atoms with Gasteiger partial charge in [0.25, 0.3) is 0 Å². The van der Waals surface area contributed by atoms with E-state index in [1.165, 1.54) is 0 Å². The monoisotopic (exact) mass is 255 g/mol. The Labute approximate surface area is 104 Å². The van der Waals surface area contributed by atoms with Gasteiger partial charge in [-0.1, -0.05) is 29.3 Å². The summed E-state index contributed by atoms with van der Waals surface area (Å²) in [5, 5.41) is 4.45. The first kappa shape index (κ1) is 11.5. The number of aromatic amines is 1. The first-order chi connectivity index (χ1) is 7.75. The molecule has 2 N–H and O–H groups in total. The third-order valence-electron chi connectivity index (χ3n) is 2.18. The lowest BCUT2D eigenvalue weighted by Crippen LogP contribution is -2.12. The van der Waals surface area contributed by atoms with Crippen molar-refractivity contribution in [2.24, 2.45) is 0 Å². The number of rotatable bonds is 4. The summed E-state index contributed by atoms with van der Waals surface area (Å²) in [6.07, 6.45) is 3.46. The molecule has 0 amide bonds. The number of imidazole rings is 1. The molecule has 2 rings (SSSR count). The van der Waals surface area contributed by atoms with Crippen LogP contribution in [0.2, 0.25) is 10.0 Å². The Hall–Kier alpha value is -1.03. The molecule has 0 unspecified atom stereocenters. The van der Waals surface area contributed by atoms with Crippen LogP contribution < -0.4 is 5.32 Å². The molecular weight excluding hydrogens is 245 g/mol. The van der Waals surface area contributed by atoms with E-state index in [9.17, 15) is 0 Å². The summed E-state index contributed by atoms with van der Waals surface area (Å²) < 4.78 is 0. The molecule has 0 bridgehead atoms. The van der Waals surface area contributed by atoms with Crippen molar-refractivity contribution in [3.05, 3.63) is 52.0 Å². The van der Waals surface area contributed by atoms with Crippen LogP contribution in [0.15, 0.2) is 30.7 Å². The molecule has 0 spiro atoms. The molecule has 0 fully saturated rings. The molecule has 5 heteroatoms. The van der Waals surface area contributed by atoms with Crippen molar-refractivity contribution in [1.82, 2.24) is 15.3 Å². The van der Waals surface area contributed by atoms with Gasteiger partial charge in [-0.3, -0.25) is 0 Å². The lowest BCUT2D eigenvalue weighted by Gasteiger charge is -2.04. The van der Waals surface area contributed by atoms with E-state index in [2.05, 4.69) is 15.3 Å². The number of aromatic nitrogens is 2. The highest BCUT2D eigenvalue weighted by molar-refractivity contribution is 6.42. The summed E-state index contributed by atoms with van der Waals surface area (Å²) in [5.41, 5.74) is 2.16. The molecule has 1 aromatic carbocycles. The SMILES string of the molecule is Clc1ccc(CNCc2cnc[nH]2)cc1Cl. The molecule has 0 aliphatic rings. The van der Waals surface area contributed by atoms with E-state index in [0.29, 0.717) is 10.0 Å². The minimum atomic E-state index is 0.582. The molecule has 1 aromatic heterocycles. The van der Waals surface area contributed by atoms with Crippen LogP contribution in [0, 0.1) is 0 Å². The minimum absolute atomic E-state index is 0.582. The highest BCUT2D eigenvalue weighted by Gasteiger charge is 1.99. The van der Waals surface area contributed by atoms with E-state index in [1.54, 1.807) is 18.6 Å². The molecule has 0 atom stereocenters. The van der Waals surface area contributed by atoms with E-state index >= 15 is 0 Å². The Morgan fingerprint density at radius 1 is 1.19 bits per heavy atom. The number of hydrogen-bond acceptors (Lipinski definition) is 2. The van der Waals surface area contributed by atoms with Crippen molar-refractivity contribution >= 4 is 23.2 Å². The first-order valence-electron chi connectivity index (χ1n) is 4.87. The van der Waals surface area contributed by atoms with Crippen LogP contribution in [0.5, 0.6) is 0 Å². The van der Waals surface area contributed by atoms with Crippen molar-refractivity contribution in [3.8, 4) is 0 Å². The number of hydrogen-bond donors (Lipinski definition) is 2. The highest BCUT2D eigenvalue weighted by Crippen LogP contribution is 2.22. The summed E-state index contributed by atoms with van der Waals surface area (Å²) in [6.45, 7) is 1.50. The predicted molar refractivity (Wildman–Crippen MR) is 65.6 cm³/mol. The molecule has 3 nitrogen and oxygen atoms in total. The molecular formula is C11H11Cl2N3. The van der Waals surface area contributed by atoms with Gasteiger partial charge < -0.3 is 10.3 Å². The number of H-pyrrole nitrogens is 1. The second-order valence-electron chi connectivity index (χ2n) is 3.43. The number of nitrogens with zero attached hydrogens (tertiary/aromatic N) is 1. The smallest absolute Gasteiger partial charge is 0.0922 e. The molecule has 0 radical (unpaired) electrons. The Morgan fingerprint density at radius 2 is 2.06 bits per heavy atom. The lowest BCUT2D eigenvalue weighted by molar-refractivity contribution is 0.682. The van der Waals surface area contributed by atoms with Gasteiger partial charge in [-0.2, -0.15) is 0 Å². The third kappa shape index (κ3) is 2.98. The van der Waals surface area contributed by atoms with E-state index in [0.717, 1.165) is 24.3 Å². The molecule has 0 saturated carbocycles. The van der Waals surface area contributed by atoms with Crippen LogP contribution in [0.25, 0.3) is 0 Å². The van der Waals surface area contributed by atoms with Gasteiger partial charge in [0.05, 0.1) is 16.4 Å². The van der Waals surface area contributed by atoms with E-state index in [-0.39, 0.29) is 0 Å². The van der Waals surface area contributed by atoms with E-state index in [1.807, 2.05) is 12.1 Å². The van der Waals surface area contributed by atoms with Gasteiger partial charge in [-0.05, 0) is 17.7 Å². The average molecular weight is 256 g/mol. The Bertz CT molecular complexity index is 454. The minimum Gasteiger partial charge on any atom is -0.347 e. The van der Waals surface area contributed by atoms with Crippen LogP contribution in [0.1, 0.15) is 11.3 Å². The largest absolute Gasteiger partial charge is 0.347 e. The summed E-state index contributed by atoms with van der Waals surface area (Å²) >= 11 is 11.7. The van der Waals surface area contributed by atoms with Crippen LogP contribution in [0.4, 0.5) is 0 Å². The van der Waals surface area contributed by atoms with Gasteiger partial charge in [-0.25, -0.2) is 4.98 Å². The first-order valence-corrected chi connectivity index (χ1v) is 5.63. The van der Waals surface area contributed by atoms with Crippen molar-refractivity contribution in [1.29, 1.82) is 0 Å². The summed E-state index contributed by atoms with van der Waals surface area (Å²) in [4.78, 5) is 6.96. The molecule has 0 aliphatic heterocycles. The average Bonchev–Trinajstić information content (AvgIpc) is 2.76. The fourth-order valence-electron chi connectivity index (χ4n) is 1.37. The Kier molecular flexibility index (Phi) is 3.83. The number of benzene rings is 1. The molecule has 0 aliphatic carbocycles. The number of nitrogens with one attached hydrogen (secondary N) is 2. The zero-order chi connectivity index (χ0) is 11.4. The highest BCUT2D eigenvalue weighted by atomic mass is 35.5. The second kappa shape index (κ2) is 5.34. The summed E-state index contributed by atoms with van der Waals surface area (Å²) in [7, 11) is 0. The molecule has 84 valence electrons. The van der Waals surface area contributed by atoms with Gasteiger partial charge in [0.2, 0.25) is 0 Å². The maximum atomic E-state index is 5.92. The zero-order valence-electron chi connectivity index (χ0n) is 8.50. The van der Waals surface area contributed by atoms with Crippen LogP contribution in [-0.2, 0) is 13.1 Å². The van der Waals surface area contributed by atoms with Crippen molar-refractivity contribution in [2.75, 3.05) is 0 Å². The van der Waals surface area contributed by atoms with Gasteiger partial charge in [0.15, 0.2) is 0 Å². The quantitative estimate of drug-likeness (QED) is 0.882. The molecule has 16 heavy (non-hydrogen) atoms. The maximum Gasteiger partial charge on any atom is 0.0922 e. The molecule has 2 aromatic rings. The summed E-state index contributed by atoms with van der Waals surface area (Å²) in [6, 6.07) is 5.62. The Morgan fingerprint density at radius 3 is 2.75 bits per heavy atom. The zero-order valence-corrected chi connectivity index (χ0v) is 10.0. The van der Waals surface area contributed by atoms with E-state index in [4.69, 9.17) is 23.2 Å². The number of halogens is 2. The van der Waals surface area contributed by atoms with Crippen LogP contribution in [0.3, 0.4) is 0 Å². The maximum absolute atomic E-state index is 5.92. The van der Waals surface area contributed by atoms with Gasteiger partial charge in [0.1, 0.15) is 0 Å². The van der Waals surface area contributed by atoms with Crippen LogP contribution in [-0.4, -0.2) is 9.97 Å². The van der Waals surface area contributed by atoms with Gasteiger partial charge in [-0.15, -0.1) is 0 Å². The summed E-state index contributed by atoms with van der Waals surface area (Å²) in [5.74, 6) is 0. The van der Waals surface area contributed by atoms with Crippen molar-refractivity contribution in [3.63, 3.8) is 0 Å². The topological polar surface area (TPSA) is 40.7 Å². The van der Waals surface area contributed by atoms with Crippen molar-refractivity contribution in [2.45, 2.75) is 13.1 Å². The second-order valence-corrected chi connectivity index (χ2v) is 4.24. The van der Waals surface area contributed by atoms with Gasteiger partial charge in [0, 0.05) is 25.0 Å². The standard InChI is InChI=1S/C11H11Cl2N3/c12-10-2-1-8(3-11(10)13)4-14-5-9-6-15-7-16-9/h1-3,6-7,14H,4-5H2,(H,15,16).